The molecular weight excluding hydrogens is 438 g/mol. The van der Waals surface area contributed by atoms with E-state index in [2.05, 4.69) is 0 Å². The van der Waals surface area contributed by atoms with Gasteiger partial charge in [0.25, 0.3) is 0 Å². The van der Waals surface area contributed by atoms with Crippen molar-refractivity contribution in [1.82, 2.24) is 4.40 Å². The second-order valence-electron chi connectivity index (χ2n) is 7.51. The van der Waals surface area contributed by atoms with E-state index in [0.29, 0.717) is 16.5 Å². The predicted octanol–water partition coefficient (Wildman–Crippen LogP) is 4.00. The summed E-state index contributed by atoms with van der Waals surface area (Å²) in [5.74, 6) is -2.53. The van der Waals surface area contributed by atoms with Gasteiger partial charge in [-0.2, -0.15) is 0 Å². The van der Waals surface area contributed by atoms with Gasteiger partial charge in [0.15, 0.2) is 0 Å². The number of hydrogen-bond donors (Lipinski definition) is 0. The third-order valence-corrected chi connectivity index (χ3v) is 5.69. The smallest absolute Gasteiger partial charge is 0.347 e. The van der Waals surface area contributed by atoms with Crippen LogP contribution in [0.1, 0.15) is 36.8 Å². The molecule has 34 heavy (non-hydrogen) atoms. The average Bonchev–Trinajstić information content (AvgIpc) is 3.22. The van der Waals surface area contributed by atoms with Gasteiger partial charge in [0.2, 0.25) is 5.78 Å². The third-order valence-electron chi connectivity index (χ3n) is 5.69. The summed E-state index contributed by atoms with van der Waals surface area (Å²) in [7, 11) is 2.32. The second-order valence-corrected chi connectivity index (χ2v) is 7.51. The van der Waals surface area contributed by atoms with E-state index in [1.807, 2.05) is 12.1 Å². The minimum atomic E-state index is -0.915. The second kappa shape index (κ2) is 8.00. The Labute approximate surface area is 191 Å². The molecule has 0 aliphatic rings. The topological polar surface area (TPSA) is 104 Å². The van der Waals surface area contributed by atoms with Gasteiger partial charge in [-0.05, 0) is 29.7 Å². The standard InChI is InChI=1S/C26H17NO7/c1-32-25(30)20-18-12-11-14-7-3-5-9-17(14)27(18)22(21(20)26(31)33-2)23(28)16-13-15-8-4-6-10-19(15)34-24(16)29/h3-13H,1-2H3. The van der Waals surface area contributed by atoms with Gasteiger partial charge in [0.1, 0.15) is 28.0 Å². The van der Waals surface area contributed by atoms with Crippen molar-refractivity contribution in [2.45, 2.75) is 0 Å². The SMILES string of the molecule is COC(=O)c1c(C(=O)OC)c2ccc3ccccc3n2c1C(=O)c1cc2ccccc2oc1=O. The van der Waals surface area contributed by atoms with Crippen LogP contribution in [0.4, 0.5) is 0 Å². The minimum Gasteiger partial charge on any atom is -0.465 e. The molecule has 5 aromatic rings. The fourth-order valence-corrected chi connectivity index (χ4v) is 4.17. The zero-order valence-electron chi connectivity index (χ0n) is 18.2. The van der Waals surface area contributed by atoms with Crippen LogP contribution in [0.25, 0.3) is 27.4 Å². The summed E-state index contributed by atoms with van der Waals surface area (Å²) in [5, 5.41) is 1.28. The highest BCUT2D eigenvalue weighted by Gasteiger charge is 2.34. The highest BCUT2D eigenvalue weighted by molar-refractivity contribution is 6.21. The number of para-hydroxylation sites is 2. The van der Waals surface area contributed by atoms with E-state index in [0.717, 1.165) is 12.5 Å². The quantitative estimate of drug-likeness (QED) is 0.229. The first-order chi connectivity index (χ1) is 16.5. The zero-order chi connectivity index (χ0) is 24.0. The van der Waals surface area contributed by atoms with Gasteiger partial charge in [-0.15, -0.1) is 0 Å². The van der Waals surface area contributed by atoms with E-state index in [4.69, 9.17) is 13.9 Å². The Balaban J connectivity index is 1.95. The number of ketones is 1. The molecule has 3 heterocycles. The number of benzene rings is 2. The Bertz CT molecular complexity index is 1710. The fourth-order valence-electron chi connectivity index (χ4n) is 4.17. The number of pyridine rings is 1. The van der Waals surface area contributed by atoms with Gasteiger partial charge < -0.3 is 18.3 Å². The van der Waals surface area contributed by atoms with Crippen LogP contribution < -0.4 is 5.63 Å². The van der Waals surface area contributed by atoms with E-state index in [9.17, 15) is 19.2 Å². The number of esters is 2. The summed E-state index contributed by atoms with van der Waals surface area (Å²) < 4.78 is 16.7. The summed E-state index contributed by atoms with van der Waals surface area (Å²) in [4.78, 5) is 52.4. The lowest BCUT2D eigenvalue weighted by Crippen LogP contribution is -2.20. The molecule has 168 valence electrons. The van der Waals surface area contributed by atoms with Crippen LogP contribution in [-0.4, -0.2) is 36.3 Å². The number of rotatable bonds is 4. The number of ether oxygens (including phenoxy) is 2. The van der Waals surface area contributed by atoms with Crippen LogP contribution in [0.2, 0.25) is 0 Å². The van der Waals surface area contributed by atoms with Crippen molar-refractivity contribution < 1.29 is 28.3 Å². The van der Waals surface area contributed by atoms with Gasteiger partial charge in [-0.3, -0.25) is 4.79 Å². The van der Waals surface area contributed by atoms with Gasteiger partial charge >= 0.3 is 17.6 Å². The van der Waals surface area contributed by atoms with Crippen LogP contribution in [0.3, 0.4) is 0 Å². The first kappa shape index (κ1) is 21.1. The molecular formula is C26H17NO7. The normalized spacial score (nSPS) is 11.1. The molecule has 2 aromatic carbocycles. The summed E-state index contributed by atoms with van der Waals surface area (Å²) in [6.45, 7) is 0. The van der Waals surface area contributed by atoms with E-state index in [-0.39, 0.29) is 27.9 Å². The lowest BCUT2D eigenvalue weighted by molar-refractivity contribution is 0.0556. The van der Waals surface area contributed by atoms with Gasteiger partial charge in [0.05, 0.1) is 25.3 Å². The van der Waals surface area contributed by atoms with Gasteiger partial charge in [0, 0.05) is 5.39 Å². The number of carbonyl (C=O) groups excluding carboxylic acids is 3. The maximum Gasteiger partial charge on any atom is 0.347 e. The third kappa shape index (κ3) is 3.07. The fraction of sp³-hybridized carbons (Fsp3) is 0.0769. The molecule has 0 aliphatic heterocycles. The highest BCUT2D eigenvalue weighted by atomic mass is 16.5. The van der Waals surface area contributed by atoms with Crippen molar-refractivity contribution >= 4 is 45.1 Å². The molecule has 8 heteroatoms. The van der Waals surface area contributed by atoms with Gasteiger partial charge in [-0.1, -0.05) is 42.5 Å². The molecule has 0 radical (unpaired) electrons. The van der Waals surface area contributed by atoms with Crippen LogP contribution in [0, 0.1) is 0 Å². The largest absolute Gasteiger partial charge is 0.465 e. The van der Waals surface area contributed by atoms with Crippen LogP contribution >= 0.6 is 0 Å². The summed E-state index contributed by atoms with van der Waals surface area (Å²) in [6.07, 6.45) is 0. The Morgan fingerprint density at radius 3 is 2.15 bits per heavy atom. The number of fused-ring (bicyclic) bond motifs is 4. The molecule has 3 aromatic heterocycles. The highest BCUT2D eigenvalue weighted by Crippen LogP contribution is 2.31. The Morgan fingerprint density at radius 1 is 0.765 bits per heavy atom. The van der Waals surface area contributed by atoms with Crippen molar-refractivity contribution in [3.63, 3.8) is 0 Å². The molecule has 0 aliphatic carbocycles. The first-order valence-corrected chi connectivity index (χ1v) is 10.3. The Morgan fingerprint density at radius 2 is 1.41 bits per heavy atom. The van der Waals surface area contributed by atoms with Crippen molar-refractivity contribution in [2.75, 3.05) is 14.2 Å². The first-order valence-electron chi connectivity index (χ1n) is 10.3. The number of aromatic nitrogens is 1. The lowest BCUT2D eigenvalue weighted by atomic mass is 10.0. The molecule has 0 fully saturated rings. The number of hydrogen-bond acceptors (Lipinski definition) is 7. The molecule has 0 atom stereocenters. The predicted molar refractivity (Wildman–Crippen MR) is 123 cm³/mol. The minimum absolute atomic E-state index is 0.131. The number of methoxy groups -OCH3 is 2. The molecule has 5 rings (SSSR count). The molecule has 0 amide bonds. The van der Waals surface area contributed by atoms with E-state index in [1.165, 1.54) is 17.6 Å². The molecule has 0 unspecified atom stereocenters. The zero-order valence-corrected chi connectivity index (χ0v) is 18.2. The maximum absolute atomic E-state index is 13.9. The number of nitrogens with zero attached hydrogens (tertiary/aromatic N) is 1. The molecule has 0 saturated heterocycles. The molecule has 0 N–H and O–H groups in total. The lowest BCUT2D eigenvalue weighted by Gasteiger charge is -2.08. The van der Waals surface area contributed by atoms with Crippen molar-refractivity contribution in [2.24, 2.45) is 0 Å². The molecule has 0 bridgehead atoms. The van der Waals surface area contributed by atoms with E-state index >= 15 is 0 Å². The summed E-state index contributed by atoms with van der Waals surface area (Å²) in [6, 6.07) is 18.7. The monoisotopic (exact) mass is 455 g/mol. The van der Waals surface area contributed by atoms with E-state index < -0.39 is 23.3 Å². The Kier molecular flexibility index (Phi) is 4.98. The van der Waals surface area contributed by atoms with Gasteiger partial charge in [-0.25, -0.2) is 14.4 Å². The van der Waals surface area contributed by atoms with Crippen LogP contribution in [-0.2, 0) is 9.47 Å². The molecule has 0 spiro atoms. The van der Waals surface area contributed by atoms with E-state index in [1.54, 1.807) is 48.5 Å². The Hall–Kier alpha value is -4.72. The molecule has 0 saturated carbocycles. The van der Waals surface area contributed by atoms with Crippen molar-refractivity contribution in [3.05, 3.63) is 99.5 Å². The average molecular weight is 455 g/mol. The maximum atomic E-state index is 13.9. The van der Waals surface area contributed by atoms with Crippen LogP contribution in [0.15, 0.2) is 75.9 Å². The van der Waals surface area contributed by atoms with Crippen molar-refractivity contribution in [3.8, 4) is 0 Å². The van der Waals surface area contributed by atoms with Crippen molar-refractivity contribution in [1.29, 1.82) is 0 Å². The number of carbonyl (C=O) groups is 3. The molecule has 8 nitrogen and oxygen atoms in total. The summed E-state index contributed by atoms with van der Waals surface area (Å²) >= 11 is 0. The summed E-state index contributed by atoms with van der Waals surface area (Å²) in [5.41, 5.74) is -0.633. The van der Waals surface area contributed by atoms with Crippen LogP contribution in [0.5, 0.6) is 0 Å².